The van der Waals surface area contributed by atoms with Crippen LogP contribution in [0.5, 0.6) is 0 Å². The smallest absolute Gasteiger partial charge is 0.359 e. The highest BCUT2D eigenvalue weighted by atomic mass is 16.5. The number of carbonyl (C=O) groups excluding carboxylic acids is 1. The lowest BCUT2D eigenvalue weighted by Crippen LogP contribution is -2.31. The Morgan fingerprint density at radius 2 is 2.18 bits per heavy atom. The van der Waals surface area contributed by atoms with E-state index in [4.69, 9.17) is 4.74 Å². The lowest BCUT2D eigenvalue weighted by Gasteiger charge is -2.27. The normalized spacial score (nSPS) is 14.0. The van der Waals surface area contributed by atoms with Crippen LogP contribution < -0.4 is 0 Å². The fraction of sp³-hybridized carbons (Fsp3) is 0.333. The predicted molar refractivity (Wildman–Crippen MR) is 106 cm³/mol. The zero-order valence-electron chi connectivity index (χ0n) is 16.0. The summed E-state index contributed by atoms with van der Waals surface area (Å²) in [6, 6.07) is 6.06. The van der Waals surface area contributed by atoms with E-state index >= 15 is 0 Å². The molecule has 7 nitrogen and oxygen atoms in total. The van der Waals surface area contributed by atoms with Crippen LogP contribution in [-0.2, 0) is 30.8 Å². The fourth-order valence-electron chi connectivity index (χ4n) is 3.74. The Balaban J connectivity index is 1.63. The first kappa shape index (κ1) is 18.3. The van der Waals surface area contributed by atoms with Crippen molar-refractivity contribution in [3.05, 3.63) is 65.8 Å². The number of ether oxygens (including phenoxy) is 1. The Bertz CT molecular complexity index is 1020. The van der Waals surface area contributed by atoms with E-state index < -0.39 is 0 Å². The van der Waals surface area contributed by atoms with Crippen molar-refractivity contribution in [1.82, 2.24) is 24.6 Å². The quantitative estimate of drug-likeness (QED) is 0.486. The third kappa shape index (κ3) is 3.41. The molecule has 2 aromatic heterocycles. The van der Waals surface area contributed by atoms with Gasteiger partial charge in [0, 0.05) is 49.7 Å². The maximum absolute atomic E-state index is 12.4. The zero-order chi connectivity index (χ0) is 19.5. The van der Waals surface area contributed by atoms with Crippen LogP contribution >= 0.6 is 0 Å². The van der Waals surface area contributed by atoms with Crippen LogP contribution in [0.1, 0.15) is 34.2 Å². The third-order valence-electron chi connectivity index (χ3n) is 4.96. The average Bonchev–Trinajstić information content (AvgIpc) is 3.07. The van der Waals surface area contributed by atoms with E-state index in [-0.39, 0.29) is 5.97 Å². The number of benzene rings is 1. The second kappa shape index (κ2) is 7.90. The van der Waals surface area contributed by atoms with Crippen molar-refractivity contribution in [3.8, 4) is 0 Å². The summed E-state index contributed by atoms with van der Waals surface area (Å²) in [5, 5.41) is 4.51. The maximum atomic E-state index is 12.4. The molecule has 28 heavy (non-hydrogen) atoms. The standard InChI is InChI=1S/C21H23N5O2/c1-3-11-26-18-8-12-25(14-16(18)20(24-26)21(27)28-4-2)13-15-6-5-7-17-19(15)23-10-9-22-17/h3,5-7,9-10H,1,4,8,11-14H2,2H3. The monoisotopic (exact) mass is 377 g/mol. The minimum absolute atomic E-state index is 0.334. The number of rotatable bonds is 6. The van der Waals surface area contributed by atoms with Crippen LogP contribution in [0.2, 0.25) is 0 Å². The van der Waals surface area contributed by atoms with Crippen molar-refractivity contribution in [2.75, 3.05) is 13.2 Å². The maximum Gasteiger partial charge on any atom is 0.359 e. The number of hydrogen-bond acceptors (Lipinski definition) is 6. The van der Waals surface area contributed by atoms with E-state index in [2.05, 4.69) is 32.6 Å². The van der Waals surface area contributed by atoms with E-state index in [0.29, 0.717) is 25.4 Å². The largest absolute Gasteiger partial charge is 0.461 e. The minimum Gasteiger partial charge on any atom is -0.461 e. The summed E-state index contributed by atoms with van der Waals surface area (Å²) in [7, 11) is 0. The van der Waals surface area contributed by atoms with Crippen molar-refractivity contribution >= 4 is 17.0 Å². The Labute approximate surface area is 163 Å². The van der Waals surface area contributed by atoms with Crippen molar-refractivity contribution in [2.24, 2.45) is 0 Å². The number of aromatic nitrogens is 4. The summed E-state index contributed by atoms with van der Waals surface area (Å²) in [5.41, 5.74) is 5.41. The first-order valence-corrected chi connectivity index (χ1v) is 9.48. The van der Waals surface area contributed by atoms with Crippen LogP contribution in [-0.4, -0.2) is 43.8 Å². The lowest BCUT2D eigenvalue weighted by atomic mass is 10.0. The SMILES string of the molecule is C=CCn1nc(C(=O)OCC)c2c1CCN(Cc1cccc3nccnc13)C2. The molecule has 7 heteroatoms. The molecule has 1 aliphatic heterocycles. The van der Waals surface area contributed by atoms with E-state index in [1.165, 1.54) is 0 Å². The number of allylic oxidation sites excluding steroid dienone is 1. The number of esters is 1. The molecular formula is C21H23N5O2. The van der Waals surface area contributed by atoms with E-state index in [1.54, 1.807) is 25.4 Å². The summed E-state index contributed by atoms with van der Waals surface area (Å²) in [6.45, 7) is 8.79. The van der Waals surface area contributed by atoms with Crippen molar-refractivity contribution in [3.63, 3.8) is 0 Å². The van der Waals surface area contributed by atoms with Gasteiger partial charge in [0.05, 0.1) is 24.2 Å². The van der Waals surface area contributed by atoms with Gasteiger partial charge in [0.25, 0.3) is 0 Å². The predicted octanol–water partition coefficient (Wildman–Crippen LogP) is 2.75. The van der Waals surface area contributed by atoms with Crippen molar-refractivity contribution in [1.29, 1.82) is 0 Å². The molecule has 0 spiro atoms. The van der Waals surface area contributed by atoms with Gasteiger partial charge in [-0.3, -0.25) is 19.5 Å². The van der Waals surface area contributed by atoms with Gasteiger partial charge in [0.2, 0.25) is 0 Å². The second-order valence-electron chi connectivity index (χ2n) is 6.77. The summed E-state index contributed by atoms with van der Waals surface area (Å²) in [6.07, 6.45) is 6.05. The van der Waals surface area contributed by atoms with Gasteiger partial charge in [-0.2, -0.15) is 5.10 Å². The lowest BCUT2D eigenvalue weighted by molar-refractivity contribution is 0.0515. The van der Waals surface area contributed by atoms with Crippen molar-refractivity contribution in [2.45, 2.75) is 33.0 Å². The highest BCUT2D eigenvalue weighted by molar-refractivity contribution is 5.89. The highest BCUT2D eigenvalue weighted by Gasteiger charge is 2.28. The molecule has 0 amide bonds. The van der Waals surface area contributed by atoms with Gasteiger partial charge in [-0.05, 0) is 18.6 Å². The molecular weight excluding hydrogens is 354 g/mol. The van der Waals surface area contributed by atoms with Gasteiger partial charge in [0.1, 0.15) is 0 Å². The summed E-state index contributed by atoms with van der Waals surface area (Å²) in [4.78, 5) is 23.6. The van der Waals surface area contributed by atoms with E-state index in [1.807, 2.05) is 16.8 Å². The Morgan fingerprint density at radius 1 is 1.32 bits per heavy atom. The Hall–Kier alpha value is -3.06. The molecule has 4 rings (SSSR count). The van der Waals surface area contributed by atoms with E-state index in [9.17, 15) is 4.79 Å². The summed E-state index contributed by atoms with van der Waals surface area (Å²) >= 11 is 0. The molecule has 0 saturated carbocycles. The number of nitrogens with zero attached hydrogens (tertiary/aromatic N) is 5. The third-order valence-corrected chi connectivity index (χ3v) is 4.96. The molecule has 1 aromatic carbocycles. The topological polar surface area (TPSA) is 73.1 Å². The second-order valence-corrected chi connectivity index (χ2v) is 6.77. The number of fused-ring (bicyclic) bond motifs is 2. The fourth-order valence-corrected chi connectivity index (χ4v) is 3.74. The molecule has 0 fully saturated rings. The zero-order valence-corrected chi connectivity index (χ0v) is 16.0. The molecule has 0 unspecified atom stereocenters. The molecule has 0 aliphatic carbocycles. The molecule has 3 heterocycles. The van der Waals surface area contributed by atoms with Gasteiger partial charge in [-0.15, -0.1) is 6.58 Å². The number of hydrogen-bond donors (Lipinski definition) is 0. The van der Waals surface area contributed by atoms with Crippen LogP contribution in [0, 0.1) is 0 Å². The van der Waals surface area contributed by atoms with Crippen molar-refractivity contribution < 1.29 is 9.53 Å². The summed E-state index contributed by atoms with van der Waals surface area (Å²) < 4.78 is 7.09. The van der Waals surface area contributed by atoms with Gasteiger partial charge in [-0.25, -0.2) is 4.79 Å². The molecule has 1 aliphatic rings. The Morgan fingerprint density at radius 3 is 3.00 bits per heavy atom. The van der Waals surface area contributed by atoms with Gasteiger partial charge in [0.15, 0.2) is 5.69 Å². The molecule has 0 radical (unpaired) electrons. The first-order valence-electron chi connectivity index (χ1n) is 9.48. The average molecular weight is 377 g/mol. The molecule has 144 valence electrons. The van der Waals surface area contributed by atoms with Gasteiger partial charge >= 0.3 is 5.97 Å². The molecule has 0 N–H and O–H groups in total. The summed E-state index contributed by atoms with van der Waals surface area (Å²) in [5.74, 6) is -0.362. The Kier molecular flexibility index (Phi) is 5.16. The molecule has 3 aromatic rings. The first-order chi connectivity index (χ1) is 13.7. The van der Waals surface area contributed by atoms with Crippen LogP contribution in [0.15, 0.2) is 43.2 Å². The van der Waals surface area contributed by atoms with Gasteiger partial charge < -0.3 is 4.74 Å². The number of carbonyl (C=O) groups is 1. The number of para-hydroxylation sites is 1. The van der Waals surface area contributed by atoms with Crippen LogP contribution in [0.3, 0.4) is 0 Å². The molecule has 0 saturated heterocycles. The molecule has 0 atom stereocenters. The highest BCUT2D eigenvalue weighted by Crippen LogP contribution is 2.26. The molecule has 0 bridgehead atoms. The minimum atomic E-state index is -0.362. The van der Waals surface area contributed by atoms with Crippen LogP contribution in [0.4, 0.5) is 0 Å². The van der Waals surface area contributed by atoms with Crippen LogP contribution in [0.25, 0.3) is 11.0 Å². The van der Waals surface area contributed by atoms with Gasteiger partial charge in [-0.1, -0.05) is 18.2 Å². The van der Waals surface area contributed by atoms with E-state index in [0.717, 1.165) is 47.4 Å².